The summed E-state index contributed by atoms with van der Waals surface area (Å²) in [5.41, 5.74) is 1.50. The van der Waals surface area contributed by atoms with E-state index in [9.17, 15) is 0 Å². The van der Waals surface area contributed by atoms with E-state index in [4.69, 9.17) is 0 Å². The van der Waals surface area contributed by atoms with Crippen LogP contribution < -0.4 is 0 Å². The van der Waals surface area contributed by atoms with Gasteiger partial charge in [-0.2, -0.15) is 0 Å². The third kappa shape index (κ3) is 10.1. The standard InChI is InChI=1S/C23H42N/c1-4-6-8-14-20-24(3,21-15-9-7-5-2)22-16-13-19-23-17-11-10-12-18-23/h10-12,17-18H,4-9,13-16,19-22H2,1-3H3/q+1. The largest absolute Gasteiger partial charge is 0.326 e. The molecule has 0 atom stereocenters. The van der Waals surface area contributed by atoms with Crippen molar-refractivity contribution in [3.63, 3.8) is 0 Å². The fraction of sp³-hybridized carbons (Fsp3) is 0.739. The van der Waals surface area contributed by atoms with Crippen molar-refractivity contribution in [2.75, 3.05) is 26.7 Å². The summed E-state index contributed by atoms with van der Waals surface area (Å²) in [4.78, 5) is 0. The fourth-order valence-corrected chi connectivity index (χ4v) is 3.64. The minimum Gasteiger partial charge on any atom is -0.326 e. The minimum atomic E-state index is 1.24. The maximum absolute atomic E-state index is 2.51. The first-order valence-corrected chi connectivity index (χ1v) is 10.6. The van der Waals surface area contributed by atoms with Gasteiger partial charge in [0, 0.05) is 0 Å². The van der Waals surface area contributed by atoms with Crippen LogP contribution in [-0.2, 0) is 6.42 Å². The van der Waals surface area contributed by atoms with Gasteiger partial charge in [-0.1, -0.05) is 69.9 Å². The van der Waals surface area contributed by atoms with E-state index in [1.807, 2.05) is 0 Å². The number of hydrogen-bond donors (Lipinski definition) is 0. The molecule has 1 aromatic carbocycles. The topological polar surface area (TPSA) is 0 Å². The molecule has 0 aromatic heterocycles. The van der Waals surface area contributed by atoms with Gasteiger partial charge in [0.15, 0.2) is 0 Å². The first-order valence-electron chi connectivity index (χ1n) is 10.6. The zero-order valence-corrected chi connectivity index (χ0v) is 16.7. The lowest BCUT2D eigenvalue weighted by atomic mass is 10.1. The molecule has 1 heteroatoms. The zero-order chi connectivity index (χ0) is 17.5. The van der Waals surface area contributed by atoms with E-state index in [2.05, 4.69) is 51.2 Å². The summed E-state index contributed by atoms with van der Waals surface area (Å²) in [7, 11) is 2.51. The van der Waals surface area contributed by atoms with E-state index in [0.29, 0.717) is 0 Å². The average molecular weight is 333 g/mol. The smallest absolute Gasteiger partial charge is 0.0784 e. The first-order chi connectivity index (χ1) is 11.7. The molecule has 0 saturated carbocycles. The lowest BCUT2D eigenvalue weighted by Gasteiger charge is -2.35. The molecule has 0 saturated heterocycles. The van der Waals surface area contributed by atoms with Crippen LogP contribution in [0.15, 0.2) is 30.3 Å². The summed E-state index contributed by atoms with van der Waals surface area (Å²) in [5.74, 6) is 0. The highest BCUT2D eigenvalue weighted by Crippen LogP contribution is 2.14. The predicted octanol–water partition coefficient (Wildman–Crippen LogP) is 6.62. The molecule has 1 nitrogen and oxygen atoms in total. The van der Waals surface area contributed by atoms with E-state index in [0.717, 1.165) is 0 Å². The molecule has 0 aliphatic heterocycles. The van der Waals surface area contributed by atoms with Crippen LogP contribution in [0.25, 0.3) is 0 Å². The molecule has 24 heavy (non-hydrogen) atoms. The number of benzene rings is 1. The van der Waals surface area contributed by atoms with Gasteiger partial charge in [0.2, 0.25) is 0 Å². The monoisotopic (exact) mass is 332 g/mol. The van der Waals surface area contributed by atoms with Crippen LogP contribution in [0.5, 0.6) is 0 Å². The van der Waals surface area contributed by atoms with Gasteiger partial charge in [-0.3, -0.25) is 0 Å². The number of quaternary nitrogens is 1. The Kier molecular flexibility index (Phi) is 11.9. The second-order valence-corrected chi connectivity index (χ2v) is 7.85. The van der Waals surface area contributed by atoms with Gasteiger partial charge in [-0.15, -0.1) is 0 Å². The number of aryl methyl sites for hydroxylation is 1. The Hall–Kier alpha value is -0.820. The Labute approximate surface area is 152 Å². The molecule has 0 aliphatic carbocycles. The molecule has 0 bridgehead atoms. The van der Waals surface area contributed by atoms with Crippen molar-refractivity contribution in [1.29, 1.82) is 0 Å². The Balaban J connectivity index is 2.32. The molecule has 1 aromatic rings. The molecular formula is C23H42N+. The number of hydrogen-bond acceptors (Lipinski definition) is 0. The summed E-state index contributed by atoms with van der Waals surface area (Å²) in [5, 5.41) is 0. The molecule has 0 N–H and O–H groups in total. The van der Waals surface area contributed by atoms with E-state index in [-0.39, 0.29) is 0 Å². The van der Waals surface area contributed by atoms with Crippen molar-refractivity contribution in [1.82, 2.24) is 0 Å². The lowest BCUT2D eigenvalue weighted by molar-refractivity contribution is -0.910. The van der Waals surface area contributed by atoms with Gasteiger partial charge in [0.1, 0.15) is 0 Å². The maximum Gasteiger partial charge on any atom is 0.0784 e. The molecule has 0 radical (unpaired) electrons. The van der Waals surface area contributed by atoms with E-state index in [1.165, 1.54) is 100 Å². The van der Waals surface area contributed by atoms with Crippen LogP contribution in [0.1, 0.15) is 83.6 Å². The summed E-state index contributed by atoms with van der Waals surface area (Å²) in [6.45, 7) is 8.75. The SMILES string of the molecule is CCCCCC[N+](C)(CCCCCC)CCCCc1ccccc1. The van der Waals surface area contributed by atoms with Crippen molar-refractivity contribution < 1.29 is 4.48 Å². The third-order valence-electron chi connectivity index (χ3n) is 5.36. The Morgan fingerprint density at radius 1 is 0.625 bits per heavy atom. The first kappa shape index (κ1) is 21.2. The summed E-state index contributed by atoms with van der Waals surface area (Å²) >= 11 is 0. The van der Waals surface area contributed by atoms with Crippen LogP contribution in [0.3, 0.4) is 0 Å². The fourth-order valence-electron chi connectivity index (χ4n) is 3.64. The highest BCUT2D eigenvalue weighted by Gasteiger charge is 2.20. The van der Waals surface area contributed by atoms with E-state index in [1.54, 1.807) is 0 Å². The summed E-state index contributed by atoms with van der Waals surface area (Å²) in [6.07, 6.45) is 15.1. The van der Waals surface area contributed by atoms with Crippen molar-refractivity contribution >= 4 is 0 Å². The molecule has 0 fully saturated rings. The molecule has 0 unspecified atom stereocenters. The molecule has 0 heterocycles. The maximum atomic E-state index is 2.51. The molecular weight excluding hydrogens is 290 g/mol. The quantitative estimate of drug-likeness (QED) is 0.250. The van der Waals surface area contributed by atoms with Gasteiger partial charge in [0.25, 0.3) is 0 Å². The molecule has 0 spiro atoms. The van der Waals surface area contributed by atoms with Gasteiger partial charge in [-0.25, -0.2) is 0 Å². The van der Waals surface area contributed by atoms with Crippen LogP contribution in [0.2, 0.25) is 0 Å². The van der Waals surface area contributed by atoms with Gasteiger partial charge < -0.3 is 4.48 Å². The molecule has 0 amide bonds. The highest BCUT2D eigenvalue weighted by atomic mass is 15.3. The average Bonchev–Trinajstić information content (AvgIpc) is 2.61. The Morgan fingerprint density at radius 3 is 1.62 bits per heavy atom. The van der Waals surface area contributed by atoms with Crippen LogP contribution >= 0.6 is 0 Å². The number of nitrogens with zero attached hydrogens (tertiary/aromatic N) is 1. The molecule has 138 valence electrons. The third-order valence-corrected chi connectivity index (χ3v) is 5.36. The highest BCUT2D eigenvalue weighted by molar-refractivity contribution is 5.14. The lowest BCUT2D eigenvalue weighted by Crippen LogP contribution is -2.46. The van der Waals surface area contributed by atoms with Gasteiger partial charge >= 0.3 is 0 Å². The van der Waals surface area contributed by atoms with Gasteiger partial charge in [0.05, 0.1) is 26.7 Å². The van der Waals surface area contributed by atoms with Crippen molar-refractivity contribution in [3.05, 3.63) is 35.9 Å². The zero-order valence-electron chi connectivity index (χ0n) is 16.7. The van der Waals surface area contributed by atoms with Crippen molar-refractivity contribution in [2.24, 2.45) is 0 Å². The van der Waals surface area contributed by atoms with Crippen LogP contribution in [0, 0.1) is 0 Å². The number of unbranched alkanes of at least 4 members (excludes halogenated alkanes) is 7. The second kappa shape index (κ2) is 13.5. The van der Waals surface area contributed by atoms with E-state index < -0.39 is 0 Å². The minimum absolute atomic E-state index is 1.24. The van der Waals surface area contributed by atoms with E-state index >= 15 is 0 Å². The predicted molar refractivity (Wildman–Crippen MR) is 108 cm³/mol. The number of rotatable bonds is 15. The summed E-state index contributed by atoms with van der Waals surface area (Å²) in [6, 6.07) is 11.0. The Morgan fingerprint density at radius 2 is 1.12 bits per heavy atom. The molecule has 0 aliphatic rings. The van der Waals surface area contributed by atoms with Crippen LogP contribution in [0.4, 0.5) is 0 Å². The van der Waals surface area contributed by atoms with Crippen molar-refractivity contribution in [2.45, 2.75) is 84.5 Å². The second-order valence-electron chi connectivity index (χ2n) is 7.85. The van der Waals surface area contributed by atoms with Gasteiger partial charge in [-0.05, 0) is 50.5 Å². The molecule has 1 rings (SSSR count). The summed E-state index contributed by atoms with van der Waals surface area (Å²) < 4.78 is 1.31. The van der Waals surface area contributed by atoms with Crippen molar-refractivity contribution in [3.8, 4) is 0 Å². The normalized spacial score (nSPS) is 11.8. The Bertz CT molecular complexity index is 372. The van der Waals surface area contributed by atoms with Crippen LogP contribution in [-0.4, -0.2) is 31.2 Å².